The summed E-state index contributed by atoms with van der Waals surface area (Å²) in [5.74, 6) is 2.73. The van der Waals surface area contributed by atoms with Gasteiger partial charge in [0.05, 0.1) is 10.2 Å². The predicted molar refractivity (Wildman–Crippen MR) is 65.2 cm³/mol. The smallest absolute Gasteiger partial charge is 0.146 e. The molecule has 15 heavy (non-hydrogen) atoms. The summed E-state index contributed by atoms with van der Waals surface area (Å²) >= 11 is 3.56. The fourth-order valence-corrected chi connectivity index (χ4v) is 2.19. The number of aromatic nitrogens is 2. The van der Waals surface area contributed by atoms with Gasteiger partial charge in [-0.1, -0.05) is 0 Å². The third-order valence-corrected chi connectivity index (χ3v) is 3.63. The Bertz CT molecular complexity index is 374. The van der Waals surface area contributed by atoms with Gasteiger partial charge in [-0.2, -0.15) is 0 Å². The van der Waals surface area contributed by atoms with Crippen molar-refractivity contribution in [1.82, 2.24) is 9.97 Å². The summed E-state index contributed by atoms with van der Waals surface area (Å²) in [5, 5.41) is 0. The monoisotopic (exact) mass is 269 g/mol. The molecule has 4 heteroatoms. The van der Waals surface area contributed by atoms with Crippen LogP contribution in [-0.4, -0.2) is 23.6 Å². The maximum atomic E-state index is 4.48. The Morgan fingerprint density at radius 1 is 1.33 bits per heavy atom. The van der Waals surface area contributed by atoms with E-state index in [4.69, 9.17) is 0 Å². The van der Waals surface area contributed by atoms with Gasteiger partial charge in [-0.05, 0) is 48.5 Å². The minimum atomic E-state index is 0.841. The molecule has 0 aromatic carbocycles. The van der Waals surface area contributed by atoms with Crippen molar-refractivity contribution in [3.8, 4) is 0 Å². The van der Waals surface area contributed by atoms with Crippen molar-refractivity contribution in [1.29, 1.82) is 0 Å². The van der Waals surface area contributed by atoms with Crippen LogP contribution in [0.1, 0.15) is 24.4 Å². The van der Waals surface area contributed by atoms with E-state index in [1.165, 1.54) is 12.8 Å². The molecular formula is C11H16BrN3. The van der Waals surface area contributed by atoms with E-state index in [0.29, 0.717) is 0 Å². The van der Waals surface area contributed by atoms with Crippen molar-refractivity contribution in [3.05, 3.63) is 16.0 Å². The highest BCUT2D eigenvalue weighted by molar-refractivity contribution is 9.10. The van der Waals surface area contributed by atoms with Gasteiger partial charge in [-0.3, -0.25) is 0 Å². The van der Waals surface area contributed by atoms with Crippen molar-refractivity contribution < 1.29 is 0 Å². The number of anilines is 1. The molecule has 0 radical (unpaired) electrons. The lowest BCUT2D eigenvalue weighted by atomic mass is 10.3. The summed E-state index contributed by atoms with van der Waals surface area (Å²) in [6, 6.07) is 0. The molecule has 0 amide bonds. The first-order valence-electron chi connectivity index (χ1n) is 5.30. The van der Waals surface area contributed by atoms with E-state index in [1.807, 2.05) is 13.8 Å². The Hall–Kier alpha value is -0.640. The summed E-state index contributed by atoms with van der Waals surface area (Å²) in [7, 11) is 2.10. The van der Waals surface area contributed by atoms with Crippen LogP contribution in [0.3, 0.4) is 0 Å². The fourth-order valence-electron chi connectivity index (χ4n) is 1.71. The summed E-state index contributed by atoms with van der Waals surface area (Å²) in [4.78, 5) is 11.0. The highest BCUT2D eigenvalue weighted by Gasteiger charge is 2.24. The van der Waals surface area contributed by atoms with Gasteiger partial charge in [0.1, 0.15) is 11.6 Å². The molecule has 0 aliphatic heterocycles. The van der Waals surface area contributed by atoms with Crippen molar-refractivity contribution >= 4 is 21.7 Å². The van der Waals surface area contributed by atoms with Crippen LogP contribution in [0.25, 0.3) is 0 Å². The Morgan fingerprint density at radius 2 is 2.00 bits per heavy atom. The van der Waals surface area contributed by atoms with E-state index in [0.717, 1.165) is 34.3 Å². The van der Waals surface area contributed by atoms with Crippen LogP contribution in [0.2, 0.25) is 0 Å². The minimum Gasteiger partial charge on any atom is -0.358 e. The first-order valence-corrected chi connectivity index (χ1v) is 6.09. The normalized spacial score (nSPS) is 15.5. The largest absolute Gasteiger partial charge is 0.358 e. The minimum absolute atomic E-state index is 0.841. The summed E-state index contributed by atoms with van der Waals surface area (Å²) < 4.78 is 1.02. The fraction of sp³-hybridized carbons (Fsp3) is 0.636. The van der Waals surface area contributed by atoms with E-state index < -0.39 is 0 Å². The third kappa shape index (κ3) is 2.48. The van der Waals surface area contributed by atoms with Crippen LogP contribution >= 0.6 is 15.9 Å². The number of nitrogens with zero attached hydrogens (tertiary/aromatic N) is 3. The molecule has 3 nitrogen and oxygen atoms in total. The van der Waals surface area contributed by atoms with Crippen molar-refractivity contribution in [2.45, 2.75) is 26.7 Å². The van der Waals surface area contributed by atoms with Crippen molar-refractivity contribution in [2.24, 2.45) is 5.92 Å². The zero-order valence-electron chi connectivity index (χ0n) is 9.42. The molecule has 0 bridgehead atoms. The average Bonchev–Trinajstić information content (AvgIpc) is 2.94. The molecule has 0 saturated heterocycles. The molecule has 1 aromatic heterocycles. The van der Waals surface area contributed by atoms with E-state index >= 15 is 0 Å². The van der Waals surface area contributed by atoms with E-state index in [9.17, 15) is 0 Å². The third-order valence-electron chi connectivity index (χ3n) is 2.70. The second-order valence-electron chi connectivity index (χ2n) is 4.32. The highest BCUT2D eigenvalue weighted by Crippen LogP contribution is 2.32. The van der Waals surface area contributed by atoms with Crippen molar-refractivity contribution in [3.63, 3.8) is 0 Å². The molecule has 0 unspecified atom stereocenters. The van der Waals surface area contributed by atoms with E-state index in [-0.39, 0.29) is 0 Å². The van der Waals surface area contributed by atoms with Gasteiger partial charge < -0.3 is 4.90 Å². The van der Waals surface area contributed by atoms with Crippen LogP contribution in [0.15, 0.2) is 4.47 Å². The van der Waals surface area contributed by atoms with E-state index in [2.05, 4.69) is 37.8 Å². The van der Waals surface area contributed by atoms with E-state index in [1.54, 1.807) is 0 Å². The number of rotatable bonds is 3. The van der Waals surface area contributed by atoms with Gasteiger partial charge in [0, 0.05) is 13.6 Å². The molecule has 1 aliphatic carbocycles. The molecule has 2 rings (SSSR count). The molecule has 1 heterocycles. The zero-order valence-corrected chi connectivity index (χ0v) is 11.0. The molecule has 82 valence electrons. The first-order chi connectivity index (χ1) is 7.08. The second-order valence-corrected chi connectivity index (χ2v) is 5.11. The molecule has 0 atom stereocenters. The molecule has 1 fully saturated rings. The maximum Gasteiger partial charge on any atom is 0.146 e. The molecule has 1 saturated carbocycles. The van der Waals surface area contributed by atoms with Crippen LogP contribution in [-0.2, 0) is 0 Å². The first kappa shape index (κ1) is 10.9. The summed E-state index contributed by atoms with van der Waals surface area (Å²) in [6.07, 6.45) is 2.73. The maximum absolute atomic E-state index is 4.48. The second kappa shape index (κ2) is 4.08. The zero-order chi connectivity index (χ0) is 11.0. The Labute approximate surface area is 99.0 Å². The predicted octanol–water partition coefficient (Wildman–Crippen LogP) is 2.70. The number of hydrogen-bond acceptors (Lipinski definition) is 3. The lowest BCUT2D eigenvalue weighted by Gasteiger charge is -2.20. The quantitative estimate of drug-likeness (QED) is 0.845. The van der Waals surface area contributed by atoms with Gasteiger partial charge in [0.15, 0.2) is 0 Å². The van der Waals surface area contributed by atoms with Crippen molar-refractivity contribution in [2.75, 3.05) is 18.5 Å². The molecule has 1 aliphatic rings. The number of hydrogen-bond donors (Lipinski definition) is 0. The Morgan fingerprint density at radius 3 is 2.60 bits per heavy atom. The standard InChI is InChI=1S/C11H16BrN3/c1-7-10(12)11(14-8(2)13-7)15(3)6-9-4-5-9/h9H,4-6H2,1-3H3. The highest BCUT2D eigenvalue weighted by atomic mass is 79.9. The van der Waals surface area contributed by atoms with Gasteiger partial charge >= 0.3 is 0 Å². The molecule has 1 aromatic rings. The summed E-state index contributed by atoms with van der Waals surface area (Å²) in [5.41, 5.74) is 1.01. The molecule has 0 N–H and O–H groups in total. The Kier molecular flexibility index (Phi) is 2.96. The SMILES string of the molecule is Cc1nc(C)c(Br)c(N(C)CC2CC2)n1. The van der Waals surface area contributed by atoms with Crippen LogP contribution < -0.4 is 4.90 Å². The molecular weight excluding hydrogens is 254 g/mol. The van der Waals surface area contributed by atoms with Gasteiger partial charge in [0.2, 0.25) is 0 Å². The lowest BCUT2D eigenvalue weighted by Crippen LogP contribution is -2.22. The Balaban J connectivity index is 2.24. The van der Waals surface area contributed by atoms with Gasteiger partial charge in [-0.25, -0.2) is 9.97 Å². The topological polar surface area (TPSA) is 29.0 Å². The van der Waals surface area contributed by atoms with Crippen LogP contribution in [0.4, 0.5) is 5.82 Å². The van der Waals surface area contributed by atoms with Crippen LogP contribution in [0, 0.1) is 19.8 Å². The van der Waals surface area contributed by atoms with Crippen LogP contribution in [0.5, 0.6) is 0 Å². The van der Waals surface area contributed by atoms with Gasteiger partial charge in [-0.15, -0.1) is 0 Å². The lowest BCUT2D eigenvalue weighted by molar-refractivity contribution is 0.768. The molecule has 0 spiro atoms. The number of halogens is 1. The average molecular weight is 270 g/mol. The number of aryl methyl sites for hydroxylation is 2. The summed E-state index contributed by atoms with van der Waals surface area (Å²) in [6.45, 7) is 5.05. The van der Waals surface area contributed by atoms with Gasteiger partial charge in [0.25, 0.3) is 0 Å².